The number of hydrogen-bond acceptors (Lipinski definition) is 0. The summed E-state index contributed by atoms with van der Waals surface area (Å²) in [7, 11) is 0. The van der Waals surface area contributed by atoms with E-state index in [0.717, 1.165) is 0 Å². The van der Waals surface area contributed by atoms with Crippen LogP contribution < -0.4 is 24.8 Å². The van der Waals surface area contributed by atoms with Crippen LogP contribution >= 0.6 is 0 Å². The molecule has 4 aromatic carbocycles. The monoisotopic (exact) mass is 668 g/mol. The molecule has 0 saturated heterocycles. The molecule has 0 heterocycles. The van der Waals surface area contributed by atoms with Crippen molar-refractivity contribution in [2.75, 3.05) is 0 Å². The zero-order valence-corrected chi connectivity index (χ0v) is 29.5. The van der Waals surface area contributed by atoms with E-state index in [1.165, 1.54) is 45.4 Å². The second kappa shape index (κ2) is 13.1. The van der Waals surface area contributed by atoms with Gasteiger partial charge in [-0.25, -0.2) is 0 Å². The quantitative estimate of drug-likeness (QED) is 0.286. The van der Waals surface area contributed by atoms with Gasteiger partial charge in [-0.2, -0.15) is 0 Å². The Morgan fingerprint density at radius 3 is 1.55 bits per heavy atom. The summed E-state index contributed by atoms with van der Waals surface area (Å²) < 4.78 is 3.96. The molecule has 3 heteroatoms. The van der Waals surface area contributed by atoms with E-state index in [-0.39, 0.29) is 30.2 Å². The van der Waals surface area contributed by atoms with Crippen LogP contribution in [0.4, 0.5) is 0 Å². The number of fused-ring (bicyclic) bond motifs is 3. The van der Waals surface area contributed by atoms with Crippen molar-refractivity contribution in [3.05, 3.63) is 129 Å². The molecule has 0 aliphatic heterocycles. The van der Waals surface area contributed by atoms with Crippen LogP contribution in [0.3, 0.4) is 0 Å². The Bertz CT molecular complexity index is 1580. The van der Waals surface area contributed by atoms with E-state index in [4.69, 9.17) is 0 Å². The molecule has 0 aromatic heterocycles. The second-order valence-corrected chi connectivity index (χ2v) is 20.0. The summed E-state index contributed by atoms with van der Waals surface area (Å²) in [6, 6.07) is 36.4. The van der Waals surface area contributed by atoms with E-state index in [1.54, 1.807) is 17.6 Å². The average Bonchev–Trinajstić information content (AvgIpc) is 3.53. The SMILES string of the molecule is CCC1C=C(C(C)(C)C)C=[C]1[Zr+2](=[C](C)C)[CH]1c2cc(-c3ccccc3)ccc2-c2ccc(-c3ccccc3)cc21.[Cl-].[Cl-]. The Balaban J connectivity index is 0.00000202. The second-order valence-electron chi connectivity index (χ2n) is 12.7. The minimum atomic E-state index is -2.37. The summed E-state index contributed by atoms with van der Waals surface area (Å²) in [5, 5.41) is 0. The number of rotatable bonds is 5. The van der Waals surface area contributed by atoms with Crippen LogP contribution in [0.25, 0.3) is 33.4 Å². The summed E-state index contributed by atoms with van der Waals surface area (Å²) in [6.07, 6.45) is 6.44. The van der Waals surface area contributed by atoms with E-state index < -0.39 is 21.3 Å². The number of hydrogen-bond donors (Lipinski definition) is 0. The molecule has 0 spiro atoms. The van der Waals surface area contributed by atoms with E-state index in [1.807, 2.05) is 0 Å². The van der Waals surface area contributed by atoms with Crippen molar-refractivity contribution in [1.29, 1.82) is 0 Å². The standard InChI is InChI=1S/C25H17.C11H17.C3H6.2ClH.Zr/c1-3-7-18(8-4-1)20-11-13-24-22(15-20)17-23-16-21(12-14-25(23)24)19-9-5-2-6-10-19;1-5-9-6-7-10(8-9)11(2,3)4;1-3-2;;;/h1-17H;7-9H,5H2,1-4H3;1-2H3;2*1H;/q;;;;;+2/p-2. The zero-order valence-electron chi connectivity index (χ0n) is 25.5. The van der Waals surface area contributed by atoms with Gasteiger partial charge in [-0.3, -0.25) is 0 Å². The summed E-state index contributed by atoms with van der Waals surface area (Å²) in [4.78, 5) is 0. The Morgan fingerprint density at radius 1 is 0.667 bits per heavy atom. The van der Waals surface area contributed by atoms with Crippen molar-refractivity contribution in [3.63, 3.8) is 0 Å². The van der Waals surface area contributed by atoms with Crippen LogP contribution in [0, 0.1) is 11.3 Å². The third kappa shape index (κ3) is 6.04. The van der Waals surface area contributed by atoms with E-state index in [9.17, 15) is 0 Å². The van der Waals surface area contributed by atoms with Gasteiger partial charge in [0.2, 0.25) is 0 Å². The summed E-state index contributed by atoms with van der Waals surface area (Å²) >= 11 is -2.37. The zero-order chi connectivity index (χ0) is 28.0. The smallest absolute Gasteiger partial charge is 1.00 e. The molecule has 42 heavy (non-hydrogen) atoms. The maximum atomic E-state index is 2.65. The molecule has 4 aromatic rings. The van der Waals surface area contributed by atoms with Gasteiger partial charge >= 0.3 is 250 Å². The van der Waals surface area contributed by atoms with Gasteiger partial charge in [-0.05, 0) is 0 Å². The molecule has 1 atom stereocenters. The maximum Gasteiger partial charge on any atom is -1.00 e. The number of benzene rings is 4. The Morgan fingerprint density at radius 2 is 1.14 bits per heavy atom. The van der Waals surface area contributed by atoms with Crippen LogP contribution in [0.2, 0.25) is 0 Å². The molecule has 6 rings (SSSR count). The molecule has 0 radical (unpaired) electrons. The number of allylic oxidation sites excluding steroid dienone is 4. The fourth-order valence-electron chi connectivity index (χ4n) is 6.65. The van der Waals surface area contributed by atoms with Crippen molar-refractivity contribution < 1.29 is 46.1 Å². The van der Waals surface area contributed by atoms with Crippen LogP contribution in [0.1, 0.15) is 62.7 Å². The molecule has 0 N–H and O–H groups in total. The summed E-state index contributed by atoms with van der Waals surface area (Å²) in [6.45, 7) is 14.4. The minimum absolute atomic E-state index is 0. The molecule has 2 aliphatic rings. The van der Waals surface area contributed by atoms with Crippen LogP contribution in [0.15, 0.2) is 118 Å². The van der Waals surface area contributed by atoms with Crippen LogP contribution in [-0.2, 0) is 21.3 Å². The summed E-state index contributed by atoms with van der Waals surface area (Å²) in [5.74, 6) is 0.570. The Labute approximate surface area is 273 Å². The first-order valence-corrected chi connectivity index (χ1v) is 18.6. The van der Waals surface area contributed by atoms with Gasteiger partial charge in [0.15, 0.2) is 0 Å². The topological polar surface area (TPSA) is 0 Å². The maximum absolute atomic E-state index is 2.65. The largest absolute Gasteiger partial charge is 1.00 e. The predicted octanol–water partition coefficient (Wildman–Crippen LogP) is 4.83. The molecular formula is C39H40Cl2Zr. The van der Waals surface area contributed by atoms with Gasteiger partial charge in [0.05, 0.1) is 0 Å². The van der Waals surface area contributed by atoms with E-state index >= 15 is 0 Å². The first-order chi connectivity index (χ1) is 19.3. The third-order valence-corrected chi connectivity index (χ3v) is 17.2. The Hall–Kier alpha value is -2.31. The molecule has 0 saturated carbocycles. The molecule has 0 nitrogen and oxygen atoms in total. The van der Waals surface area contributed by atoms with E-state index in [0.29, 0.717) is 9.54 Å². The molecule has 1 unspecified atom stereocenters. The molecule has 0 amide bonds. The van der Waals surface area contributed by atoms with Crippen LogP contribution in [0.5, 0.6) is 0 Å². The molecular weight excluding hydrogens is 631 g/mol. The van der Waals surface area contributed by atoms with Crippen molar-refractivity contribution in [2.24, 2.45) is 11.3 Å². The molecule has 0 fully saturated rings. The van der Waals surface area contributed by atoms with Gasteiger partial charge in [0.1, 0.15) is 0 Å². The third-order valence-electron chi connectivity index (χ3n) is 8.76. The van der Waals surface area contributed by atoms with E-state index in [2.05, 4.69) is 151 Å². The molecule has 2 aliphatic carbocycles. The first kappa shape index (κ1) is 32.6. The minimum Gasteiger partial charge on any atom is -1.00 e. The van der Waals surface area contributed by atoms with Gasteiger partial charge in [-0.1, -0.05) is 0 Å². The van der Waals surface area contributed by atoms with Crippen molar-refractivity contribution in [3.8, 4) is 33.4 Å². The fourth-order valence-corrected chi connectivity index (χ4v) is 15.5. The predicted molar refractivity (Wildman–Crippen MR) is 170 cm³/mol. The Kier molecular flexibility index (Phi) is 10.2. The normalized spacial score (nSPS) is 15.3. The average molecular weight is 671 g/mol. The fraction of sp³-hybridized carbons (Fsp3) is 0.256. The van der Waals surface area contributed by atoms with Crippen molar-refractivity contribution >= 4 is 3.21 Å². The van der Waals surface area contributed by atoms with Gasteiger partial charge < -0.3 is 24.8 Å². The first-order valence-electron chi connectivity index (χ1n) is 14.8. The molecule has 214 valence electrons. The van der Waals surface area contributed by atoms with Gasteiger partial charge in [-0.15, -0.1) is 0 Å². The van der Waals surface area contributed by atoms with Gasteiger partial charge in [0.25, 0.3) is 0 Å². The number of halogens is 2. The van der Waals surface area contributed by atoms with Crippen LogP contribution in [-0.4, -0.2) is 3.21 Å². The van der Waals surface area contributed by atoms with Crippen molar-refractivity contribution in [1.82, 2.24) is 0 Å². The van der Waals surface area contributed by atoms with Gasteiger partial charge in [0, 0.05) is 0 Å². The summed E-state index contributed by atoms with van der Waals surface area (Å²) in [5.41, 5.74) is 13.0. The van der Waals surface area contributed by atoms with Crippen molar-refractivity contribution in [2.45, 2.75) is 51.6 Å². The molecule has 0 bridgehead atoms.